The predicted octanol–water partition coefficient (Wildman–Crippen LogP) is 3.94. The topological polar surface area (TPSA) is 9.23 Å². The summed E-state index contributed by atoms with van der Waals surface area (Å²) in [4.78, 5) is 0. The summed E-state index contributed by atoms with van der Waals surface area (Å²) < 4.78 is 6.51. The summed E-state index contributed by atoms with van der Waals surface area (Å²) in [5.41, 5.74) is 3.51. The van der Waals surface area contributed by atoms with Gasteiger partial charge in [-0.05, 0) is 55.9 Å². The molecule has 1 nitrogen and oxygen atoms in total. The zero-order valence-electron chi connectivity index (χ0n) is 11.0. The number of ether oxygens (including phenoxy) is 1. The quantitative estimate of drug-likeness (QED) is 0.608. The van der Waals surface area contributed by atoms with Crippen LogP contribution in [0.1, 0.15) is 53.4 Å². The van der Waals surface area contributed by atoms with Crippen LogP contribution in [0.2, 0.25) is 0 Å². The second kappa shape index (κ2) is 3.35. The van der Waals surface area contributed by atoms with Crippen molar-refractivity contribution >= 4 is 0 Å². The van der Waals surface area contributed by atoms with Gasteiger partial charge >= 0.3 is 0 Å². The van der Waals surface area contributed by atoms with Crippen molar-refractivity contribution in [2.24, 2.45) is 17.8 Å². The predicted molar refractivity (Wildman–Crippen MR) is 66.3 cm³/mol. The third-order valence-electron chi connectivity index (χ3n) is 5.41. The Bertz CT molecular complexity index is 341. The second-order valence-electron chi connectivity index (χ2n) is 6.55. The fourth-order valence-electron chi connectivity index (χ4n) is 4.32. The Balaban J connectivity index is 2.01. The van der Waals surface area contributed by atoms with Crippen LogP contribution < -0.4 is 0 Å². The first-order chi connectivity index (χ1) is 7.54. The Kier molecular flexibility index (Phi) is 2.27. The zero-order chi connectivity index (χ0) is 11.5. The van der Waals surface area contributed by atoms with Crippen molar-refractivity contribution in [3.05, 3.63) is 11.1 Å². The summed E-state index contributed by atoms with van der Waals surface area (Å²) in [5.74, 6) is 2.27. The average Bonchev–Trinajstić information content (AvgIpc) is 2.68. The highest BCUT2D eigenvalue weighted by Crippen LogP contribution is 2.58. The van der Waals surface area contributed by atoms with E-state index < -0.39 is 0 Å². The molecule has 3 aliphatic rings. The van der Waals surface area contributed by atoms with E-state index in [1.54, 1.807) is 11.1 Å². The van der Waals surface area contributed by atoms with Crippen LogP contribution in [-0.4, -0.2) is 11.7 Å². The summed E-state index contributed by atoms with van der Waals surface area (Å²) in [7, 11) is 0. The maximum atomic E-state index is 6.51. The molecule has 4 unspecified atom stereocenters. The van der Waals surface area contributed by atoms with Crippen LogP contribution in [-0.2, 0) is 4.74 Å². The fraction of sp³-hybridized carbons (Fsp3) is 0.867. The smallest absolute Gasteiger partial charge is 0.0927 e. The van der Waals surface area contributed by atoms with Crippen LogP contribution in [0, 0.1) is 17.8 Å². The van der Waals surface area contributed by atoms with Gasteiger partial charge in [0.25, 0.3) is 0 Å². The van der Waals surface area contributed by atoms with Crippen LogP contribution in [0.5, 0.6) is 0 Å². The van der Waals surface area contributed by atoms with Crippen LogP contribution in [0.4, 0.5) is 0 Å². The van der Waals surface area contributed by atoms with E-state index in [0.29, 0.717) is 6.10 Å². The average molecular weight is 220 g/mol. The second-order valence-corrected chi connectivity index (χ2v) is 6.55. The number of hydrogen-bond donors (Lipinski definition) is 0. The van der Waals surface area contributed by atoms with Gasteiger partial charge in [0.15, 0.2) is 0 Å². The van der Waals surface area contributed by atoms with Gasteiger partial charge in [0.1, 0.15) is 0 Å². The third-order valence-corrected chi connectivity index (χ3v) is 5.41. The lowest BCUT2D eigenvalue weighted by Gasteiger charge is -2.41. The zero-order valence-corrected chi connectivity index (χ0v) is 11.0. The largest absolute Gasteiger partial charge is 0.367 e. The van der Waals surface area contributed by atoms with Crippen molar-refractivity contribution in [3.8, 4) is 0 Å². The number of rotatable bonds is 1. The molecule has 0 aromatic heterocycles. The van der Waals surface area contributed by atoms with Crippen molar-refractivity contribution in [3.63, 3.8) is 0 Å². The minimum atomic E-state index is 0.181. The van der Waals surface area contributed by atoms with Crippen molar-refractivity contribution in [1.82, 2.24) is 0 Å². The molecule has 3 rings (SSSR count). The lowest BCUT2D eigenvalue weighted by Crippen LogP contribution is -2.41. The molecule has 0 radical (unpaired) electrons. The molecule has 0 saturated carbocycles. The van der Waals surface area contributed by atoms with Crippen LogP contribution in [0.25, 0.3) is 0 Å². The standard InChI is InChI=1S/C15H24O/c1-9(2)12-8-13-10(3)5-6-15(13)11(4)7-14(12)16-15/h9,11-12,14H,5-8H2,1-4H3. The summed E-state index contributed by atoms with van der Waals surface area (Å²) in [6.07, 6.45) is 5.69. The SMILES string of the molecule is CC1=C2CC(C(C)C)C3CC(C)C2(CC1)O3. The van der Waals surface area contributed by atoms with E-state index in [-0.39, 0.29) is 5.60 Å². The van der Waals surface area contributed by atoms with Crippen LogP contribution in [0.15, 0.2) is 11.1 Å². The molecule has 1 heteroatoms. The number of fused-ring (bicyclic) bond motifs is 1. The van der Waals surface area contributed by atoms with Gasteiger partial charge in [-0.15, -0.1) is 0 Å². The molecule has 2 saturated heterocycles. The van der Waals surface area contributed by atoms with E-state index in [1.165, 1.54) is 25.7 Å². The molecule has 2 aliphatic heterocycles. The Morgan fingerprint density at radius 2 is 2.12 bits per heavy atom. The molecule has 0 N–H and O–H groups in total. The first kappa shape index (κ1) is 10.8. The summed E-state index contributed by atoms with van der Waals surface area (Å²) in [6.45, 7) is 9.45. The Morgan fingerprint density at radius 1 is 1.38 bits per heavy atom. The lowest BCUT2D eigenvalue weighted by atomic mass is 9.79. The molecule has 1 spiro atoms. The molecular weight excluding hydrogens is 196 g/mol. The van der Waals surface area contributed by atoms with E-state index in [4.69, 9.17) is 4.74 Å². The van der Waals surface area contributed by atoms with E-state index in [1.807, 2.05) is 0 Å². The molecule has 4 atom stereocenters. The van der Waals surface area contributed by atoms with Crippen molar-refractivity contribution in [1.29, 1.82) is 0 Å². The lowest BCUT2D eigenvalue weighted by molar-refractivity contribution is -0.0846. The highest BCUT2D eigenvalue weighted by Gasteiger charge is 2.57. The number of allylic oxidation sites excluding steroid dienone is 1. The van der Waals surface area contributed by atoms with Crippen molar-refractivity contribution in [2.45, 2.75) is 65.1 Å². The molecule has 2 fully saturated rings. The minimum Gasteiger partial charge on any atom is -0.367 e. The maximum Gasteiger partial charge on any atom is 0.0927 e. The minimum absolute atomic E-state index is 0.181. The van der Waals surface area contributed by atoms with Crippen molar-refractivity contribution in [2.75, 3.05) is 0 Å². The monoisotopic (exact) mass is 220 g/mol. The molecule has 16 heavy (non-hydrogen) atoms. The fourth-order valence-corrected chi connectivity index (χ4v) is 4.32. The normalized spacial score (nSPS) is 46.7. The summed E-state index contributed by atoms with van der Waals surface area (Å²) in [6, 6.07) is 0. The molecule has 2 heterocycles. The van der Waals surface area contributed by atoms with E-state index in [9.17, 15) is 0 Å². The van der Waals surface area contributed by atoms with Gasteiger partial charge in [0.2, 0.25) is 0 Å². The molecule has 0 aromatic carbocycles. The van der Waals surface area contributed by atoms with Gasteiger partial charge in [0.05, 0.1) is 11.7 Å². The van der Waals surface area contributed by atoms with Crippen LogP contribution >= 0.6 is 0 Å². The number of hydrogen-bond acceptors (Lipinski definition) is 1. The highest BCUT2D eigenvalue weighted by atomic mass is 16.5. The molecule has 2 bridgehead atoms. The first-order valence-corrected chi connectivity index (χ1v) is 6.91. The van der Waals surface area contributed by atoms with E-state index >= 15 is 0 Å². The molecular formula is C15H24O. The Labute approximate surface area is 99.3 Å². The highest BCUT2D eigenvalue weighted by molar-refractivity contribution is 5.35. The molecule has 90 valence electrons. The van der Waals surface area contributed by atoms with E-state index in [0.717, 1.165) is 17.8 Å². The Morgan fingerprint density at radius 3 is 2.81 bits per heavy atom. The maximum absolute atomic E-state index is 6.51. The third kappa shape index (κ3) is 1.21. The molecule has 0 aromatic rings. The van der Waals surface area contributed by atoms with Gasteiger partial charge in [-0.25, -0.2) is 0 Å². The molecule has 0 amide bonds. The Hall–Kier alpha value is -0.300. The van der Waals surface area contributed by atoms with Gasteiger partial charge in [-0.2, -0.15) is 0 Å². The summed E-state index contributed by atoms with van der Waals surface area (Å²) in [5, 5.41) is 0. The van der Waals surface area contributed by atoms with Gasteiger partial charge in [0, 0.05) is 0 Å². The molecule has 1 aliphatic carbocycles. The van der Waals surface area contributed by atoms with Gasteiger partial charge < -0.3 is 4.74 Å². The first-order valence-electron chi connectivity index (χ1n) is 6.91. The summed E-state index contributed by atoms with van der Waals surface area (Å²) >= 11 is 0. The van der Waals surface area contributed by atoms with Crippen LogP contribution in [0.3, 0.4) is 0 Å². The van der Waals surface area contributed by atoms with E-state index in [2.05, 4.69) is 27.7 Å². The van der Waals surface area contributed by atoms with Gasteiger partial charge in [-0.1, -0.05) is 26.3 Å². The van der Waals surface area contributed by atoms with Gasteiger partial charge in [-0.3, -0.25) is 0 Å². The van der Waals surface area contributed by atoms with Crippen molar-refractivity contribution < 1.29 is 4.74 Å².